The molecule has 0 unspecified atom stereocenters. The lowest BCUT2D eigenvalue weighted by atomic mass is 10.1. The molecule has 1 amide bonds. The molecule has 0 spiro atoms. The maximum atomic E-state index is 12.6. The molecule has 0 bridgehead atoms. The lowest BCUT2D eigenvalue weighted by Gasteiger charge is -2.34. The van der Waals surface area contributed by atoms with Gasteiger partial charge in [-0.15, -0.1) is 0 Å². The van der Waals surface area contributed by atoms with E-state index in [1.54, 1.807) is 0 Å². The van der Waals surface area contributed by atoms with Crippen LogP contribution in [-0.2, 0) is 23.3 Å². The molecule has 7 heteroatoms. The highest BCUT2D eigenvalue weighted by atomic mass is 16.5. The molecule has 1 fully saturated rings. The lowest BCUT2D eigenvalue weighted by Crippen LogP contribution is -2.48. The Kier molecular flexibility index (Phi) is 5.18. The molecule has 7 nitrogen and oxygen atoms in total. The number of hydrogen-bond acceptors (Lipinski definition) is 5. The van der Waals surface area contributed by atoms with Crippen LogP contribution in [0.5, 0.6) is 0 Å². The third kappa shape index (κ3) is 4.15. The second kappa shape index (κ2) is 7.23. The normalized spacial score (nSPS) is 16.3. The average molecular weight is 359 g/mol. The first-order valence-corrected chi connectivity index (χ1v) is 9.20. The van der Waals surface area contributed by atoms with E-state index in [9.17, 15) is 4.79 Å². The average Bonchev–Trinajstić information content (AvgIpc) is 3.17. The Bertz CT molecular complexity index is 744. The number of carbonyl (C=O) groups excluding carboxylic acids is 1. The Morgan fingerprint density at radius 1 is 1.19 bits per heavy atom. The minimum Gasteiger partial charge on any atom is -0.361 e. The van der Waals surface area contributed by atoms with E-state index >= 15 is 0 Å². The zero-order valence-electron chi connectivity index (χ0n) is 16.4. The van der Waals surface area contributed by atoms with Crippen molar-refractivity contribution >= 4 is 5.91 Å². The van der Waals surface area contributed by atoms with Gasteiger partial charge < -0.3 is 9.42 Å². The number of aryl methyl sites for hydroxylation is 2. The molecule has 3 rings (SSSR count). The summed E-state index contributed by atoms with van der Waals surface area (Å²) in [6.45, 7) is 14.3. The maximum Gasteiger partial charge on any atom is 0.227 e. The van der Waals surface area contributed by atoms with Crippen molar-refractivity contribution in [2.75, 3.05) is 26.2 Å². The second-order valence-electron chi connectivity index (χ2n) is 8.10. The Morgan fingerprint density at radius 3 is 2.42 bits per heavy atom. The third-order valence-electron chi connectivity index (χ3n) is 4.96. The van der Waals surface area contributed by atoms with Crippen LogP contribution in [0.2, 0.25) is 0 Å². The summed E-state index contributed by atoms with van der Waals surface area (Å²) in [5.41, 5.74) is 2.95. The number of piperazine rings is 1. The van der Waals surface area contributed by atoms with Gasteiger partial charge in [0.15, 0.2) is 0 Å². The molecule has 142 valence electrons. The van der Waals surface area contributed by atoms with Gasteiger partial charge in [0.1, 0.15) is 5.76 Å². The van der Waals surface area contributed by atoms with E-state index in [-0.39, 0.29) is 11.4 Å². The summed E-state index contributed by atoms with van der Waals surface area (Å²) >= 11 is 0. The van der Waals surface area contributed by atoms with E-state index in [1.165, 1.54) is 5.56 Å². The predicted molar refractivity (Wildman–Crippen MR) is 98.8 cm³/mol. The summed E-state index contributed by atoms with van der Waals surface area (Å²) in [5, 5.41) is 8.40. The van der Waals surface area contributed by atoms with Gasteiger partial charge in [0.25, 0.3) is 0 Å². The van der Waals surface area contributed by atoms with Crippen LogP contribution in [0.1, 0.15) is 43.4 Å². The summed E-state index contributed by atoms with van der Waals surface area (Å²) in [6.07, 6.45) is 4.44. The van der Waals surface area contributed by atoms with Crippen LogP contribution < -0.4 is 0 Å². The van der Waals surface area contributed by atoms with Crippen LogP contribution in [0.4, 0.5) is 0 Å². The summed E-state index contributed by atoms with van der Waals surface area (Å²) in [5.74, 6) is 0.893. The topological polar surface area (TPSA) is 67.4 Å². The van der Waals surface area contributed by atoms with E-state index in [4.69, 9.17) is 4.52 Å². The fraction of sp³-hybridized carbons (Fsp3) is 0.632. The molecule has 3 heterocycles. The molecule has 0 radical (unpaired) electrons. The molecule has 1 saturated heterocycles. The molecule has 26 heavy (non-hydrogen) atoms. The molecule has 0 saturated carbocycles. The summed E-state index contributed by atoms with van der Waals surface area (Å²) in [4.78, 5) is 16.9. The number of rotatable bonds is 4. The number of amides is 1. The van der Waals surface area contributed by atoms with E-state index in [0.717, 1.165) is 49.7 Å². The van der Waals surface area contributed by atoms with Crippen molar-refractivity contribution in [2.45, 2.75) is 53.1 Å². The largest absolute Gasteiger partial charge is 0.361 e. The molecular weight excluding hydrogens is 330 g/mol. The Morgan fingerprint density at radius 2 is 1.88 bits per heavy atom. The fourth-order valence-electron chi connectivity index (χ4n) is 3.24. The predicted octanol–water partition coefficient (Wildman–Crippen LogP) is 2.13. The quantitative estimate of drug-likeness (QED) is 0.837. The van der Waals surface area contributed by atoms with Crippen LogP contribution >= 0.6 is 0 Å². The van der Waals surface area contributed by atoms with Gasteiger partial charge in [-0.25, -0.2) is 0 Å². The SMILES string of the molecule is Cc1noc(C)c1CC(=O)N1CCN(Cc2cnn(C(C)(C)C)c2)CC1. The first-order valence-electron chi connectivity index (χ1n) is 9.20. The van der Waals surface area contributed by atoms with Crippen molar-refractivity contribution < 1.29 is 9.32 Å². The number of aromatic nitrogens is 3. The van der Waals surface area contributed by atoms with Crippen molar-refractivity contribution in [3.63, 3.8) is 0 Å². The molecule has 2 aromatic heterocycles. The number of carbonyl (C=O) groups is 1. The van der Waals surface area contributed by atoms with Gasteiger partial charge in [-0.2, -0.15) is 5.10 Å². The molecular formula is C19H29N5O2. The summed E-state index contributed by atoms with van der Waals surface area (Å²) in [7, 11) is 0. The fourth-order valence-corrected chi connectivity index (χ4v) is 3.24. The molecule has 1 aliphatic rings. The van der Waals surface area contributed by atoms with Gasteiger partial charge in [0.05, 0.1) is 23.9 Å². The minimum atomic E-state index is 0.00156. The molecule has 0 N–H and O–H groups in total. The molecule has 1 aliphatic heterocycles. The molecule has 0 aromatic carbocycles. The second-order valence-corrected chi connectivity index (χ2v) is 8.10. The monoisotopic (exact) mass is 359 g/mol. The van der Waals surface area contributed by atoms with Gasteiger partial charge in [-0.1, -0.05) is 5.16 Å². The zero-order valence-corrected chi connectivity index (χ0v) is 16.4. The van der Waals surface area contributed by atoms with Crippen LogP contribution in [-0.4, -0.2) is 56.8 Å². The van der Waals surface area contributed by atoms with Crippen LogP contribution in [0.3, 0.4) is 0 Å². The summed E-state index contributed by atoms with van der Waals surface area (Å²) in [6, 6.07) is 0. The molecule has 2 aromatic rings. The first kappa shape index (κ1) is 18.6. The highest BCUT2D eigenvalue weighted by molar-refractivity contribution is 5.79. The first-order chi connectivity index (χ1) is 12.2. The number of hydrogen-bond donors (Lipinski definition) is 0. The third-order valence-corrected chi connectivity index (χ3v) is 4.96. The summed E-state index contributed by atoms with van der Waals surface area (Å²) < 4.78 is 7.16. The van der Waals surface area contributed by atoms with Gasteiger partial charge in [0, 0.05) is 50.0 Å². The minimum absolute atomic E-state index is 0.00156. The van der Waals surface area contributed by atoms with Gasteiger partial charge in [-0.3, -0.25) is 14.4 Å². The van der Waals surface area contributed by atoms with Gasteiger partial charge in [-0.05, 0) is 34.6 Å². The Hall–Kier alpha value is -2.15. The van der Waals surface area contributed by atoms with Gasteiger partial charge >= 0.3 is 0 Å². The molecule has 0 aliphatic carbocycles. The van der Waals surface area contributed by atoms with Crippen molar-refractivity contribution in [1.82, 2.24) is 24.7 Å². The van der Waals surface area contributed by atoms with Crippen LogP contribution in [0.15, 0.2) is 16.9 Å². The standard InChI is InChI=1S/C19H29N5O2/c1-14-17(15(2)26-21-14)10-18(25)23-8-6-22(7-9-23)12-16-11-20-24(13-16)19(3,4)5/h11,13H,6-10,12H2,1-5H3. The zero-order chi connectivity index (χ0) is 18.9. The van der Waals surface area contributed by atoms with Crippen LogP contribution in [0.25, 0.3) is 0 Å². The van der Waals surface area contributed by atoms with E-state index in [2.05, 4.69) is 42.1 Å². The van der Waals surface area contributed by atoms with Crippen molar-refractivity contribution in [1.29, 1.82) is 0 Å². The van der Waals surface area contributed by atoms with Crippen molar-refractivity contribution in [2.24, 2.45) is 0 Å². The van der Waals surface area contributed by atoms with E-state index in [1.807, 2.05) is 29.6 Å². The van der Waals surface area contributed by atoms with Crippen LogP contribution in [0, 0.1) is 13.8 Å². The maximum absolute atomic E-state index is 12.6. The Balaban J connectivity index is 1.51. The Labute approximate surface area is 154 Å². The van der Waals surface area contributed by atoms with Gasteiger partial charge in [0.2, 0.25) is 5.91 Å². The van der Waals surface area contributed by atoms with E-state index in [0.29, 0.717) is 6.42 Å². The molecule has 0 atom stereocenters. The smallest absolute Gasteiger partial charge is 0.227 e. The highest BCUT2D eigenvalue weighted by Crippen LogP contribution is 2.17. The lowest BCUT2D eigenvalue weighted by molar-refractivity contribution is -0.132. The van der Waals surface area contributed by atoms with Crippen molar-refractivity contribution in [3.8, 4) is 0 Å². The van der Waals surface area contributed by atoms with Crippen molar-refractivity contribution in [3.05, 3.63) is 35.0 Å². The van der Waals surface area contributed by atoms with E-state index < -0.39 is 0 Å². The highest BCUT2D eigenvalue weighted by Gasteiger charge is 2.24. The number of nitrogens with zero attached hydrogens (tertiary/aromatic N) is 5.